The molecule has 1 unspecified atom stereocenters. The predicted molar refractivity (Wildman–Crippen MR) is 56.4 cm³/mol. The molecule has 0 bridgehead atoms. The smallest absolute Gasteiger partial charge is 0.250 e. The molecule has 0 N–H and O–H groups in total. The first-order chi connectivity index (χ1) is 7.38. The van der Waals surface area contributed by atoms with Gasteiger partial charge in [0, 0.05) is 0 Å². The quantitative estimate of drug-likeness (QED) is 0.743. The second-order valence-corrected chi connectivity index (χ2v) is 3.65. The van der Waals surface area contributed by atoms with E-state index in [0.717, 1.165) is 12.2 Å². The van der Waals surface area contributed by atoms with Crippen LogP contribution in [-0.4, -0.2) is 10.1 Å². The molecular weight excluding hydrogens is 188 g/mol. The molecule has 0 fully saturated rings. The molecule has 0 spiro atoms. The van der Waals surface area contributed by atoms with Crippen LogP contribution in [0.3, 0.4) is 0 Å². The van der Waals surface area contributed by atoms with E-state index in [4.69, 9.17) is 4.52 Å². The van der Waals surface area contributed by atoms with E-state index in [0.29, 0.717) is 11.8 Å². The predicted octanol–water partition coefficient (Wildman–Crippen LogP) is 2.40. The molecular formula is C12H10N2O. The Morgan fingerprint density at radius 3 is 3.00 bits per heavy atom. The van der Waals surface area contributed by atoms with Crippen molar-refractivity contribution >= 4 is 6.08 Å². The summed E-state index contributed by atoms with van der Waals surface area (Å²) in [5.74, 6) is 1.57. The summed E-state index contributed by atoms with van der Waals surface area (Å²) in [4.78, 5) is 4.25. The Labute approximate surface area is 87.4 Å². The fourth-order valence-corrected chi connectivity index (χ4v) is 1.96. The summed E-state index contributed by atoms with van der Waals surface area (Å²) in [5, 5.41) is 3.95. The number of fused-ring (bicyclic) bond motifs is 1. The molecule has 0 saturated carbocycles. The van der Waals surface area contributed by atoms with Crippen molar-refractivity contribution in [3.05, 3.63) is 53.7 Å². The summed E-state index contributed by atoms with van der Waals surface area (Å²) >= 11 is 0. The highest BCUT2D eigenvalue weighted by Gasteiger charge is 2.30. The lowest BCUT2D eigenvalue weighted by molar-refractivity contribution is 0.398. The fourth-order valence-electron chi connectivity index (χ4n) is 1.96. The van der Waals surface area contributed by atoms with Crippen LogP contribution in [0.1, 0.15) is 28.8 Å². The van der Waals surface area contributed by atoms with Gasteiger partial charge in [0.05, 0.1) is 5.92 Å². The van der Waals surface area contributed by atoms with Crippen LogP contribution in [-0.2, 0) is 6.42 Å². The Kier molecular flexibility index (Phi) is 1.71. The maximum absolute atomic E-state index is 5.01. The second kappa shape index (κ2) is 3.05. The average molecular weight is 198 g/mol. The summed E-state index contributed by atoms with van der Waals surface area (Å²) in [6.45, 7) is 3.60. The van der Waals surface area contributed by atoms with Crippen LogP contribution in [0.2, 0.25) is 0 Å². The molecule has 3 heteroatoms. The molecule has 0 amide bonds. The van der Waals surface area contributed by atoms with Crippen molar-refractivity contribution in [1.82, 2.24) is 10.1 Å². The van der Waals surface area contributed by atoms with Gasteiger partial charge in [-0.3, -0.25) is 0 Å². The van der Waals surface area contributed by atoms with Gasteiger partial charge in [-0.1, -0.05) is 36.0 Å². The SMILES string of the molecule is C=Cc1nc(C2Cc3ccccc32)no1. The number of hydrogen-bond donors (Lipinski definition) is 0. The van der Waals surface area contributed by atoms with E-state index in [1.54, 1.807) is 6.08 Å². The van der Waals surface area contributed by atoms with Gasteiger partial charge in [-0.15, -0.1) is 0 Å². The van der Waals surface area contributed by atoms with Crippen molar-refractivity contribution < 1.29 is 4.52 Å². The van der Waals surface area contributed by atoms with Crippen LogP contribution in [0.25, 0.3) is 6.08 Å². The number of aromatic nitrogens is 2. The first-order valence-electron chi connectivity index (χ1n) is 4.92. The van der Waals surface area contributed by atoms with Gasteiger partial charge in [-0.25, -0.2) is 0 Å². The number of rotatable bonds is 2. The van der Waals surface area contributed by atoms with Gasteiger partial charge in [0.15, 0.2) is 5.82 Å². The summed E-state index contributed by atoms with van der Waals surface area (Å²) < 4.78 is 5.01. The van der Waals surface area contributed by atoms with E-state index in [1.807, 2.05) is 6.07 Å². The highest BCUT2D eigenvalue weighted by atomic mass is 16.5. The zero-order valence-corrected chi connectivity index (χ0v) is 8.18. The molecule has 1 heterocycles. The van der Waals surface area contributed by atoms with Gasteiger partial charge < -0.3 is 4.52 Å². The number of hydrogen-bond acceptors (Lipinski definition) is 3. The lowest BCUT2D eigenvalue weighted by Gasteiger charge is -2.27. The van der Waals surface area contributed by atoms with Crippen molar-refractivity contribution in [2.24, 2.45) is 0 Å². The lowest BCUT2D eigenvalue weighted by Crippen LogP contribution is -2.19. The molecule has 3 rings (SSSR count). The first kappa shape index (κ1) is 8.41. The Bertz CT molecular complexity index is 516. The zero-order chi connectivity index (χ0) is 10.3. The molecule has 0 aliphatic heterocycles. The van der Waals surface area contributed by atoms with E-state index in [1.165, 1.54) is 11.1 Å². The Morgan fingerprint density at radius 1 is 1.40 bits per heavy atom. The van der Waals surface area contributed by atoms with Gasteiger partial charge >= 0.3 is 0 Å². The minimum absolute atomic E-state index is 0.304. The standard InChI is InChI=1S/C12H10N2O/c1-2-11-13-12(14-15-11)10-7-8-5-3-4-6-9(8)10/h2-6,10H,1,7H2. The Morgan fingerprint density at radius 2 is 2.27 bits per heavy atom. The summed E-state index contributed by atoms with van der Waals surface area (Å²) in [6, 6.07) is 8.35. The van der Waals surface area contributed by atoms with E-state index >= 15 is 0 Å². The van der Waals surface area contributed by atoms with E-state index < -0.39 is 0 Å². The van der Waals surface area contributed by atoms with Crippen molar-refractivity contribution in [2.45, 2.75) is 12.3 Å². The Hall–Kier alpha value is -1.90. The largest absolute Gasteiger partial charge is 0.335 e. The van der Waals surface area contributed by atoms with Crippen molar-refractivity contribution in [2.75, 3.05) is 0 Å². The molecule has 3 nitrogen and oxygen atoms in total. The molecule has 1 aliphatic carbocycles. The van der Waals surface area contributed by atoms with Crippen molar-refractivity contribution in [3.8, 4) is 0 Å². The topological polar surface area (TPSA) is 38.9 Å². The molecule has 1 aromatic carbocycles. The molecule has 0 radical (unpaired) electrons. The van der Waals surface area contributed by atoms with Gasteiger partial charge in [0.1, 0.15) is 0 Å². The van der Waals surface area contributed by atoms with E-state index in [-0.39, 0.29) is 0 Å². The van der Waals surface area contributed by atoms with Crippen LogP contribution in [0.4, 0.5) is 0 Å². The van der Waals surface area contributed by atoms with Gasteiger partial charge in [-0.05, 0) is 23.6 Å². The number of benzene rings is 1. The van der Waals surface area contributed by atoms with Gasteiger partial charge in [-0.2, -0.15) is 4.98 Å². The molecule has 1 aliphatic rings. The van der Waals surface area contributed by atoms with Crippen LogP contribution >= 0.6 is 0 Å². The second-order valence-electron chi connectivity index (χ2n) is 3.65. The fraction of sp³-hybridized carbons (Fsp3) is 0.167. The molecule has 2 aromatic rings. The molecule has 15 heavy (non-hydrogen) atoms. The third kappa shape index (κ3) is 1.20. The molecule has 1 aromatic heterocycles. The maximum atomic E-state index is 5.01. The van der Waals surface area contributed by atoms with E-state index in [2.05, 4.69) is 34.9 Å². The average Bonchev–Trinajstić information content (AvgIpc) is 2.68. The van der Waals surface area contributed by atoms with Crippen LogP contribution < -0.4 is 0 Å². The normalized spacial score (nSPS) is 18.0. The molecule has 0 saturated heterocycles. The Balaban J connectivity index is 1.96. The lowest BCUT2D eigenvalue weighted by atomic mass is 9.77. The first-order valence-corrected chi connectivity index (χ1v) is 4.92. The minimum Gasteiger partial charge on any atom is -0.335 e. The van der Waals surface area contributed by atoms with Gasteiger partial charge in [0.25, 0.3) is 0 Å². The summed E-state index contributed by atoms with van der Waals surface area (Å²) in [6.07, 6.45) is 2.58. The highest BCUT2D eigenvalue weighted by Crippen LogP contribution is 2.38. The van der Waals surface area contributed by atoms with Crippen molar-refractivity contribution in [3.63, 3.8) is 0 Å². The molecule has 1 atom stereocenters. The third-order valence-electron chi connectivity index (χ3n) is 2.80. The van der Waals surface area contributed by atoms with Crippen LogP contribution in [0.15, 0.2) is 35.4 Å². The van der Waals surface area contributed by atoms with Crippen molar-refractivity contribution in [1.29, 1.82) is 0 Å². The summed E-state index contributed by atoms with van der Waals surface area (Å²) in [5.41, 5.74) is 2.70. The minimum atomic E-state index is 0.304. The third-order valence-corrected chi connectivity index (χ3v) is 2.80. The molecule has 74 valence electrons. The highest BCUT2D eigenvalue weighted by molar-refractivity contribution is 5.44. The van der Waals surface area contributed by atoms with E-state index in [9.17, 15) is 0 Å². The van der Waals surface area contributed by atoms with Gasteiger partial charge in [0.2, 0.25) is 5.89 Å². The van der Waals surface area contributed by atoms with Crippen LogP contribution in [0, 0.1) is 0 Å². The monoisotopic (exact) mass is 198 g/mol. The zero-order valence-electron chi connectivity index (χ0n) is 8.18. The summed E-state index contributed by atoms with van der Waals surface area (Å²) in [7, 11) is 0. The maximum Gasteiger partial charge on any atom is 0.250 e. The van der Waals surface area contributed by atoms with Crippen LogP contribution in [0.5, 0.6) is 0 Å². The number of nitrogens with zero attached hydrogens (tertiary/aromatic N) is 2.